The summed E-state index contributed by atoms with van der Waals surface area (Å²) >= 11 is 0. The van der Waals surface area contributed by atoms with Gasteiger partial charge >= 0.3 is 0 Å². The fraction of sp³-hybridized carbons (Fsp3) is 0.344. The smallest absolute Gasteiger partial charge is 0.243 e. The lowest BCUT2D eigenvalue weighted by atomic mass is 9.87. The van der Waals surface area contributed by atoms with Crippen molar-refractivity contribution in [3.63, 3.8) is 0 Å². The largest absolute Gasteiger partial charge is 0.361 e. The Bertz CT molecular complexity index is 1590. The van der Waals surface area contributed by atoms with Crippen molar-refractivity contribution in [2.45, 2.75) is 62.9 Å². The Morgan fingerprint density at radius 2 is 1.65 bits per heavy atom. The van der Waals surface area contributed by atoms with Crippen LogP contribution in [0.5, 0.6) is 0 Å². The molecule has 1 saturated carbocycles. The van der Waals surface area contributed by atoms with Crippen LogP contribution in [-0.2, 0) is 33.2 Å². The van der Waals surface area contributed by atoms with E-state index in [1.54, 1.807) is 29.2 Å². The van der Waals surface area contributed by atoms with E-state index < -0.39 is 10.0 Å². The Morgan fingerprint density at radius 3 is 2.30 bits per heavy atom. The van der Waals surface area contributed by atoms with Gasteiger partial charge in [0.2, 0.25) is 15.9 Å². The minimum Gasteiger partial charge on any atom is -0.361 e. The molecule has 1 fully saturated rings. The highest BCUT2D eigenvalue weighted by molar-refractivity contribution is 7.89. The third-order valence-corrected chi connectivity index (χ3v) is 9.45. The second-order valence-corrected chi connectivity index (χ2v) is 13.5. The van der Waals surface area contributed by atoms with E-state index in [0.717, 1.165) is 40.4 Å². The molecule has 6 nitrogen and oxygen atoms in total. The van der Waals surface area contributed by atoms with Crippen LogP contribution in [0.15, 0.2) is 83.9 Å². The summed E-state index contributed by atoms with van der Waals surface area (Å²) in [5, 5.41) is 1.09. The average molecular weight is 562 g/mol. The van der Waals surface area contributed by atoms with Crippen molar-refractivity contribution in [1.29, 1.82) is 0 Å². The second-order valence-electron chi connectivity index (χ2n) is 11.6. The van der Waals surface area contributed by atoms with Gasteiger partial charge in [0.05, 0.1) is 11.4 Å². The molecule has 8 heteroatoms. The number of aromatic nitrogens is 1. The standard InChI is InChI=1S/C32H36FN3O3S/c1-32(2,3)25-10-16-28(17-11-25)40(38,39)36(27-14-15-27)22-31(37)35(21-23-8-12-26(33)13-9-23)19-18-24-20-34-30-7-5-4-6-29(24)30/h4-13,16-17,20,27,34H,14-15,18-19,21-22H2,1-3H3. The van der Waals surface area contributed by atoms with Gasteiger partial charge in [-0.15, -0.1) is 0 Å². The minimum absolute atomic E-state index is 0.0971. The van der Waals surface area contributed by atoms with Crippen LogP contribution < -0.4 is 0 Å². The Morgan fingerprint density at radius 1 is 0.975 bits per heavy atom. The summed E-state index contributed by atoms with van der Waals surface area (Å²) in [4.78, 5) is 18.9. The minimum atomic E-state index is -3.86. The number of carbonyl (C=O) groups is 1. The molecule has 0 bridgehead atoms. The average Bonchev–Trinajstić information content (AvgIpc) is 3.69. The van der Waals surface area contributed by atoms with Crippen molar-refractivity contribution in [3.8, 4) is 0 Å². The number of amides is 1. The molecule has 1 aromatic heterocycles. The summed E-state index contributed by atoms with van der Waals surface area (Å²) in [6, 6.07) is 20.9. The molecule has 1 N–H and O–H groups in total. The van der Waals surface area contributed by atoms with E-state index in [1.165, 1.54) is 16.4 Å². The van der Waals surface area contributed by atoms with Gasteiger partial charge in [0.15, 0.2) is 0 Å². The van der Waals surface area contributed by atoms with E-state index in [9.17, 15) is 17.6 Å². The van der Waals surface area contributed by atoms with Gasteiger partial charge in [0.1, 0.15) is 5.82 Å². The van der Waals surface area contributed by atoms with Gasteiger partial charge in [-0.25, -0.2) is 12.8 Å². The number of hydrogen-bond donors (Lipinski definition) is 1. The highest BCUT2D eigenvalue weighted by Crippen LogP contribution is 2.33. The maximum absolute atomic E-state index is 13.8. The van der Waals surface area contributed by atoms with Crippen LogP contribution in [0.2, 0.25) is 0 Å². The third kappa shape index (κ3) is 6.29. The van der Waals surface area contributed by atoms with Gasteiger partial charge < -0.3 is 9.88 Å². The molecule has 3 aromatic carbocycles. The van der Waals surface area contributed by atoms with E-state index >= 15 is 0 Å². The van der Waals surface area contributed by atoms with Crippen molar-refractivity contribution in [2.24, 2.45) is 0 Å². The summed E-state index contributed by atoms with van der Waals surface area (Å²) < 4.78 is 42.4. The van der Waals surface area contributed by atoms with E-state index in [4.69, 9.17) is 0 Å². The Kier molecular flexibility index (Phi) is 7.84. The van der Waals surface area contributed by atoms with Crippen LogP contribution in [0.25, 0.3) is 10.9 Å². The number of rotatable bonds is 10. The second kappa shape index (κ2) is 11.2. The summed E-state index contributed by atoms with van der Waals surface area (Å²) in [6.45, 7) is 6.67. The van der Waals surface area contributed by atoms with Crippen molar-refractivity contribution in [3.05, 3.63) is 102 Å². The van der Waals surface area contributed by atoms with Crippen LogP contribution in [0, 0.1) is 5.82 Å². The first-order chi connectivity index (χ1) is 19.0. The highest BCUT2D eigenvalue weighted by atomic mass is 32.2. The monoisotopic (exact) mass is 561 g/mol. The Balaban J connectivity index is 1.38. The quantitative estimate of drug-likeness (QED) is 0.257. The maximum Gasteiger partial charge on any atom is 0.243 e. The normalized spacial score (nSPS) is 14.1. The molecule has 4 aromatic rings. The number of carbonyl (C=O) groups excluding carboxylic acids is 1. The molecule has 0 unspecified atom stereocenters. The van der Waals surface area contributed by atoms with Gasteiger partial charge in [0, 0.05) is 36.2 Å². The number of nitrogens with zero attached hydrogens (tertiary/aromatic N) is 2. The molecule has 1 aliphatic rings. The van der Waals surface area contributed by atoms with Crippen LogP contribution in [-0.4, -0.2) is 47.6 Å². The van der Waals surface area contributed by atoms with E-state index in [-0.39, 0.29) is 41.2 Å². The molecule has 0 spiro atoms. The molecule has 210 valence electrons. The highest BCUT2D eigenvalue weighted by Gasteiger charge is 2.40. The van der Waals surface area contributed by atoms with Crippen LogP contribution in [0.3, 0.4) is 0 Å². The van der Waals surface area contributed by atoms with Crippen LogP contribution in [0.4, 0.5) is 4.39 Å². The van der Waals surface area contributed by atoms with E-state index in [1.807, 2.05) is 42.6 Å². The number of para-hydroxylation sites is 1. The molecule has 5 rings (SSSR count). The fourth-order valence-electron chi connectivity index (χ4n) is 4.96. The first-order valence-electron chi connectivity index (χ1n) is 13.7. The van der Waals surface area contributed by atoms with Crippen molar-refractivity contribution >= 4 is 26.8 Å². The SMILES string of the molecule is CC(C)(C)c1ccc(S(=O)(=O)N(CC(=O)N(CCc2c[nH]c3ccccc23)Cc2ccc(F)cc2)C2CC2)cc1. The van der Waals surface area contributed by atoms with Crippen molar-refractivity contribution in [2.75, 3.05) is 13.1 Å². The van der Waals surface area contributed by atoms with Crippen molar-refractivity contribution < 1.29 is 17.6 Å². The predicted octanol–water partition coefficient (Wildman–Crippen LogP) is 6.03. The molecule has 0 radical (unpaired) electrons. The number of halogens is 1. The Labute approximate surface area is 235 Å². The van der Waals surface area contributed by atoms with Gasteiger partial charge in [-0.2, -0.15) is 4.31 Å². The molecular weight excluding hydrogens is 525 g/mol. The van der Waals surface area contributed by atoms with Crippen LogP contribution in [0.1, 0.15) is 50.3 Å². The van der Waals surface area contributed by atoms with Gasteiger partial charge in [-0.1, -0.05) is 63.2 Å². The molecule has 0 atom stereocenters. The molecule has 0 saturated heterocycles. The first-order valence-corrected chi connectivity index (χ1v) is 15.2. The fourth-order valence-corrected chi connectivity index (χ4v) is 6.60. The number of sulfonamides is 1. The third-order valence-electron chi connectivity index (χ3n) is 7.54. The molecule has 1 heterocycles. The number of fused-ring (bicyclic) bond motifs is 1. The molecular formula is C32H36FN3O3S. The lowest BCUT2D eigenvalue weighted by molar-refractivity contribution is -0.132. The summed E-state index contributed by atoms with van der Waals surface area (Å²) in [5.74, 6) is -0.616. The number of nitrogens with one attached hydrogen (secondary N) is 1. The summed E-state index contributed by atoms with van der Waals surface area (Å²) in [5.41, 5.74) is 3.84. The number of hydrogen-bond acceptors (Lipinski definition) is 3. The summed E-state index contributed by atoms with van der Waals surface area (Å²) in [6.07, 6.45) is 4.02. The van der Waals surface area contributed by atoms with E-state index in [2.05, 4.69) is 25.8 Å². The van der Waals surface area contributed by atoms with Crippen molar-refractivity contribution in [1.82, 2.24) is 14.2 Å². The zero-order valence-corrected chi connectivity index (χ0v) is 24.0. The lowest BCUT2D eigenvalue weighted by Gasteiger charge is -2.28. The number of H-pyrrole nitrogens is 1. The number of benzene rings is 3. The first kappa shape index (κ1) is 28.1. The maximum atomic E-state index is 13.8. The van der Waals surface area contributed by atoms with Crippen LogP contribution >= 0.6 is 0 Å². The number of aromatic amines is 1. The Hall–Kier alpha value is -3.49. The molecule has 40 heavy (non-hydrogen) atoms. The topological polar surface area (TPSA) is 73.5 Å². The lowest BCUT2D eigenvalue weighted by Crippen LogP contribution is -2.44. The van der Waals surface area contributed by atoms with E-state index in [0.29, 0.717) is 13.0 Å². The predicted molar refractivity (Wildman–Crippen MR) is 156 cm³/mol. The van der Waals surface area contributed by atoms with Gasteiger partial charge in [0.25, 0.3) is 0 Å². The zero-order chi connectivity index (χ0) is 28.5. The molecule has 0 aliphatic heterocycles. The molecule has 1 amide bonds. The zero-order valence-electron chi connectivity index (χ0n) is 23.2. The van der Waals surface area contributed by atoms with Gasteiger partial charge in [-0.05, 0) is 71.7 Å². The molecule has 1 aliphatic carbocycles. The van der Waals surface area contributed by atoms with Gasteiger partial charge in [-0.3, -0.25) is 4.79 Å². The summed E-state index contributed by atoms with van der Waals surface area (Å²) in [7, 11) is -3.86.